The normalized spacial score (nSPS) is 10.7. The van der Waals surface area contributed by atoms with E-state index in [4.69, 9.17) is 0 Å². The zero-order valence-corrected chi connectivity index (χ0v) is 12.3. The minimum Gasteiger partial charge on any atom is -0.504 e. The summed E-state index contributed by atoms with van der Waals surface area (Å²) >= 11 is 0. The van der Waals surface area contributed by atoms with E-state index in [0.29, 0.717) is 0 Å². The van der Waals surface area contributed by atoms with Crippen LogP contribution in [-0.2, 0) is 0 Å². The molecule has 0 bridgehead atoms. The number of phenolic OH excluding ortho intramolecular Hbond substituents is 6. The van der Waals surface area contributed by atoms with Crippen LogP contribution in [0.15, 0.2) is 48.5 Å². The molecule has 0 aromatic heterocycles. The third-order valence-electron chi connectivity index (χ3n) is 3.76. The quantitative estimate of drug-likeness (QED) is 0.402. The Bertz CT molecular complexity index is 857. The molecule has 0 spiro atoms. The number of hydrogen-bond donors (Lipinski definition) is 6. The standard InChI is InChI=1S/C18H14O6/c19-13-5-1-3-9(15(13)21)11-7-8-12(18(24)17(11)23)10-4-2-6-14(20)16(10)22/h1-8,19-24H. The van der Waals surface area contributed by atoms with E-state index in [-0.39, 0.29) is 33.8 Å². The fourth-order valence-electron chi connectivity index (χ4n) is 2.51. The summed E-state index contributed by atoms with van der Waals surface area (Å²) in [5.74, 6) is -2.64. The first kappa shape index (κ1) is 15.4. The van der Waals surface area contributed by atoms with Crippen molar-refractivity contribution in [2.45, 2.75) is 0 Å². The summed E-state index contributed by atoms with van der Waals surface area (Å²) in [6, 6.07) is 11.3. The van der Waals surface area contributed by atoms with E-state index < -0.39 is 23.0 Å². The minimum absolute atomic E-state index is 0.101. The van der Waals surface area contributed by atoms with E-state index in [1.807, 2.05) is 0 Å². The monoisotopic (exact) mass is 326 g/mol. The maximum atomic E-state index is 10.3. The van der Waals surface area contributed by atoms with E-state index in [0.717, 1.165) is 0 Å². The van der Waals surface area contributed by atoms with Crippen LogP contribution >= 0.6 is 0 Å². The Labute approximate surface area is 136 Å². The van der Waals surface area contributed by atoms with E-state index in [1.54, 1.807) is 0 Å². The molecule has 0 fully saturated rings. The SMILES string of the molecule is Oc1cccc(-c2ccc(-c3cccc(O)c3O)c(O)c2O)c1O. The molecular weight excluding hydrogens is 312 g/mol. The van der Waals surface area contributed by atoms with Gasteiger partial charge in [0, 0.05) is 22.3 Å². The Hall–Kier alpha value is -3.54. The molecule has 0 atom stereocenters. The van der Waals surface area contributed by atoms with Gasteiger partial charge in [0.15, 0.2) is 34.5 Å². The summed E-state index contributed by atoms with van der Waals surface area (Å²) in [6.07, 6.45) is 0. The highest BCUT2D eigenvalue weighted by molar-refractivity contribution is 5.87. The predicted octanol–water partition coefficient (Wildman–Crippen LogP) is 3.25. The van der Waals surface area contributed by atoms with Crippen LogP contribution in [0, 0.1) is 0 Å². The molecular formula is C18H14O6. The molecule has 0 saturated carbocycles. The second-order valence-corrected chi connectivity index (χ2v) is 5.20. The van der Waals surface area contributed by atoms with Crippen LogP contribution < -0.4 is 0 Å². The lowest BCUT2D eigenvalue weighted by Gasteiger charge is -2.13. The van der Waals surface area contributed by atoms with Crippen molar-refractivity contribution in [1.82, 2.24) is 0 Å². The van der Waals surface area contributed by atoms with Crippen molar-refractivity contribution in [2.75, 3.05) is 0 Å². The van der Waals surface area contributed by atoms with E-state index in [1.165, 1.54) is 48.5 Å². The largest absolute Gasteiger partial charge is 0.504 e. The number of phenols is 6. The van der Waals surface area contributed by atoms with Gasteiger partial charge in [0.1, 0.15) is 0 Å². The molecule has 0 heterocycles. The van der Waals surface area contributed by atoms with Crippen molar-refractivity contribution in [2.24, 2.45) is 0 Å². The number of para-hydroxylation sites is 2. The van der Waals surface area contributed by atoms with Crippen LogP contribution in [0.25, 0.3) is 22.3 Å². The van der Waals surface area contributed by atoms with Crippen LogP contribution in [0.5, 0.6) is 34.5 Å². The molecule has 0 saturated heterocycles. The number of aromatic hydroxyl groups is 6. The Kier molecular flexibility index (Phi) is 3.57. The average Bonchev–Trinajstić information content (AvgIpc) is 2.56. The summed E-state index contributed by atoms with van der Waals surface area (Å²) < 4.78 is 0. The smallest absolute Gasteiger partial charge is 0.166 e. The first-order valence-electron chi connectivity index (χ1n) is 6.99. The fraction of sp³-hybridized carbons (Fsp3) is 0. The van der Waals surface area contributed by atoms with Crippen molar-refractivity contribution in [1.29, 1.82) is 0 Å². The maximum absolute atomic E-state index is 10.3. The molecule has 0 aliphatic carbocycles. The van der Waals surface area contributed by atoms with Gasteiger partial charge in [0.25, 0.3) is 0 Å². The molecule has 6 nitrogen and oxygen atoms in total. The third kappa shape index (κ3) is 2.30. The lowest BCUT2D eigenvalue weighted by atomic mass is 9.96. The number of hydrogen-bond acceptors (Lipinski definition) is 6. The van der Waals surface area contributed by atoms with Crippen molar-refractivity contribution in [3.8, 4) is 56.8 Å². The third-order valence-corrected chi connectivity index (χ3v) is 3.76. The fourth-order valence-corrected chi connectivity index (χ4v) is 2.51. The lowest BCUT2D eigenvalue weighted by molar-refractivity contribution is 0.398. The molecule has 122 valence electrons. The van der Waals surface area contributed by atoms with E-state index >= 15 is 0 Å². The molecule has 6 heteroatoms. The first-order valence-corrected chi connectivity index (χ1v) is 6.99. The van der Waals surface area contributed by atoms with Crippen molar-refractivity contribution in [3.63, 3.8) is 0 Å². The number of rotatable bonds is 2. The van der Waals surface area contributed by atoms with Crippen LogP contribution in [0.3, 0.4) is 0 Å². The summed E-state index contributed by atoms with van der Waals surface area (Å²) in [4.78, 5) is 0. The van der Waals surface area contributed by atoms with Gasteiger partial charge in [-0.05, 0) is 24.3 Å². The molecule has 0 aliphatic heterocycles. The van der Waals surface area contributed by atoms with Gasteiger partial charge in [0.05, 0.1) is 0 Å². The Morgan fingerprint density at radius 1 is 0.375 bits per heavy atom. The zero-order valence-electron chi connectivity index (χ0n) is 12.3. The summed E-state index contributed by atoms with van der Waals surface area (Å²) in [5, 5.41) is 59.5. The van der Waals surface area contributed by atoms with E-state index in [9.17, 15) is 30.6 Å². The zero-order chi connectivity index (χ0) is 17.4. The molecule has 24 heavy (non-hydrogen) atoms. The van der Waals surface area contributed by atoms with Gasteiger partial charge in [-0.2, -0.15) is 0 Å². The molecule has 3 rings (SSSR count). The van der Waals surface area contributed by atoms with Gasteiger partial charge in [0.2, 0.25) is 0 Å². The summed E-state index contributed by atoms with van der Waals surface area (Å²) in [7, 11) is 0. The molecule has 0 unspecified atom stereocenters. The van der Waals surface area contributed by atoms with Crippen molar-refractivity contribution >= 4 is 0 Å². The molecule has 3 aromatic carbocycles. The van der Waals surface area contributed by atoms with Gasteiger partial charge in [-0.1, -0.05) is 24.3 Å². The molecule has 3 aromatic rings. The van der Waals surface area contributed by atoms with Crippen LogP contribution in [0.1, 0.15) is 0 Å². The topological polar surface area (TPSA) is 121 Å². The molecule has 0 aliphatic rings. The maximum Gasteiger partial charge on any atom is 0.166 e. The lowest BCUT2D eigenvalue weighted by Crippen LogP contribution is -1.86. The van der Waals surface area contributed by atoms with Gasteiger partial charge in [-0.25, -0.2) is 0 Å². The molecule has 6 N–H and O–H groups in total. The van der Waals surface area contributed by atoms with Gasteiger partial charge in [-0.15, -0.1) is 0 Å². The second-order valence-electron chi connectivity index (χ2n) is 5.20. The van der Waals surface area contributed by atoms with E-state index in [2.05, 4.69) is 0 Å². The summed E-state index contributed by atoms with van der Waals surface area (Å²) in [5.41, 5.74) is 0.470. The molecule has 0 radical (unpaired) electrons. The van der Waals surface area contributed by atoms with Crippen LogP contribution in [0.4, 0.5) is 0 Å². The highest BCUT2D eigenvalue weighted by Gasteiger charge is 2.20. The second kappa shape index (κ2) is 5.58. The average molecular weight is 326 g/mol. The number of benzene rings is 3. The Morgan fingerprint density at radius 3 is 1.08 bits per heavy atom. The first-order chi connectivity index (χ1) is 11.4. The van der Waals surface area contributed by atoms with Gasteiger partial charge < -0.3 is 30.6 Å². The highest BCUT2D eigenvalue weighted by Crippen LogP contribution is 2.49. The predicted molar refractivity (Wildman–Crippen MR) is 87.3 cm³/mol. The van der Waals surface area contributed by atoms with Gasteiger partial charge >= 0.3 is 0 Å². The van der Waals surface area contributed by atoms with Crippen LogP contribution in [-0.4, -0.2) is 30.6 Å². The molecule has 0 amide bonds. The van der Waals surface area contributed by atoms with Crippen LogP contribution in [0.2, 0.25) is 0 Å². The van der Waals surface area contributed by atoms with Gasteiger partial charge in [-0.3, -0.25) is 0 Å². The Morgan fingerprint density at radius 2 is 0.708 bits per heavy atom. The minimum atomic E-state index is -0.531. The van der Waals surface area contributed by atoms with Crippen molar-refractivity contribution in [3.05, 3.63) is 48.5 Å². The summed E-state index contributed by atoms with van der Waals surface area (Å²) in [6.45, 7) is 0. The van der Waals surface area contributed by atoms with Crippen molar-refractivity contribution < 1.29 is 30.6 Å². The highest BCUT2D eigenvalue weighted by atomic mass is 16.3. The Balaban J connectivity index is 2.20.